The molecule has 0 saturated heterocycles. The van der Waals surface area contributed by atoms with Gasteiger partial charge < -0.3 is 25.1 Å². The first-order chi connectivity index (χ1) is 15.1. The van der Waals surface area contributed by atoms with Crippen LogP contribution < -0.4 is 20.7 Å². The molecule has 0 bridgehead atoms. The minimum Gasteiger partial charge on any atom is -0.494 e. The number of unbranched alkanes of at least 4 members (excludes halogenated alkanes) is 1. The maximum atomic E-state index is 12.3. The van der Waals surface area contributed by atoms with Crippen LogP contribution in [0, 0.1) is 0 Å². The molecule has 0 saturated carbocycles. The Labute approximate surface area is 181 Å². The van der Waals surface area contributed by atoms with E-state index in [1.54, 1.807) is 48.7 Å². The maximum absolute atomic E-state index is 12.3. The summed E-state index contributed by atoms with van der Waals surface area (Å²) in [5.41, 5.74) is 1.85. The van der Waals surface area contributed by atoms with Gasteiger partial charge in [-0.05, 0) is 48.9 Å². The Bertz CT molecular complexity index is 986. The lowest BCUT2D eigenvalue weighted by Crippen LogP contribution is -2.23. The van der Waals surface area contributed by atoms with Crippen molar-refractivity contribution in [2.45, 2.75) is 26.3 Å². The van der Waals surface area contributed by atoms with Gasteiger partial charge in [0.1, 0.15) is 11.5 Å². The smallest absolute Gasteiger partial charge is 0.251 e. The standard InChI is InChI=1S/C24H27N3O4/c1-2-3-12-30-21-10-5-9-20(15-21)27-23(28)17-25-19-8-4-7-18(14-19)24(29)26-16-22-11-6-13-31-22/h4-11,13-15,25H,2-3,12,16-17H2,1H3,(H,26,29)(H,27,28). The summed E-state index contributed by atoms with van der Waals surface area (Å²) in [7, 11) is 0. The van der Waals surface area contributed by atoms with E-state index >= 15 is 0 Å². The van der Waals surface area contributed by atoms with E-state index in [0.29, 0.717) is 35.9 Å². The fourth-order valence-electron chi connectivity index (χ4n) is 2.84. The number of nitrogens with one attached hydrogen (secondary N) is 3. The number of hydrogen-bond donors (Lipinski definition) is 3. The van der Waals surface area contributed by atoms with Crippen LogP contribution in [0.25, 0.3) is 0 Å². The molecule has 1 heterocycles. The zero-order valence-corrected chi connectivity index (χ0v) is 17.5. The van der Waals surface area contributed by atoms with Crippen molar-refractivity contribution in [3.05, 3.63) is 78.3 Å². The molecule has 0 radical (unpaired) electrons. The minimum atomic E-state index is -0.218. The van der Waals surface area contributed by atoms with Gasteiger partial charge in [-0.25, -0.2) is 0 Å². The predicted molar refractivity (Wildman–Crippen MR) is 120 cm³/mol. The number of furan rings is 1. The highest BCUT2D eigenvalue weighted by atomic mass is 16.5. The average Bonchev–Trinajstić information content (AvgIpc) is 3.30. The third kappa shape index (κ3) is 7.22. The number of carbonyl (C=O) groups is 2. The molecule has 0 aliphatic rings. The number of rotatable bonds is 11. The third-order valence-electron chi connectivity index (χ3n) is 4.47. The van der Waals surface area contributed by atoms with Gasteiger partial charge in [-0.15, -0.1) is 0 Å². The summed E-state index contributed by atoms with van der Waals surface area (Å²) < 4.78 is 10.9. The maximum Gasteiger partial charge on any atom is 0.251 e. The lowest BCUT2D eigenvalue weighted by molar-refractivity contribution is -0.114. The Morgan fingerprint density at radius 2 is 1.84 bits per heavy atom. The Balaban J connectivity index is 1.48. The van der Waals surface area contributed by atoms with E-state index in [1.165, 1.54) is 0 Å². The molecule has 3 rings (SSSR count). The first kappa shape index (κ1) is 22.0. The first-order valence-electron chi connectivity index (χ1n) is 10.3. The largest absolute Gasteiger partial charge is 0.494 e. The van der Waals surface area contributed by atoms with Crippen LogP contribution in [0.4, 0.5) is 11.4 Å². The molecule has 2 amide bonds. The summed E-state index contributed by atoms with van der Waals surface area (Å²) in [6.07, 6.45) is 3.61. The lowest BCUT2D eigenvalue weighted by atomic mass is 10.2. The summed E-state index contributed by atoms with van der Waals surface area (Å²) >= 11 is 0. The molecule has 0 spiro atoms. The SMILES string of the molecule is CCCCOc1cccc(NC(=O)CNc2cccc(C(=O)NCc3ccco3)c2)c1. The Hall–Kier alpha value is -3.74. The van der Waals surface area contributed by atoms with Crippen molar-refractivity contribution in [3.63, 3.8) is 0 Å². The second kappa shape index (κ2) is 11.4. The molecule has 0 fully saturated rings. The molecule has 7 heteroatoms. The number of carbonyl (C=O) groups excluding carboxylic acids is 2. The Kier molecular flexibility index (Phi) is 8.11. The molecular weight excluding hydrogens is 394 g/mol. The molecule has 162 valence electrons. The molecule has 2 aromatic carbocycles. The monoisotopic (exact) mass is 421 g/mol. The summed E-state index contributed by atoms with van der Waals surface area (Å²) in [6, 6.07) is 17.9. The molecular formula is C24H27N3O4. The van der Waals surface area contributed by atoms with Crippen LogP contribution in [-0.2, 0) is 11.3 Å². The number of benzene rings is 2. The Morgan fingerprint density at radius 1 is 1.00 bits per heavy atom. The zero-order chi connectivity index (χ0) is 21.9. The number of amides is 2. The van der Waals surface area contributed by atoms with Gasteiger partial charge in [-0.2, -0.15) is 0 Å². The fraction of sp³-hybridized carbons (Fsp3) is 0.250. The predicted octanol–water partition coefficient (Wildman–Crippen LogP) is 4.44. The summed E-state index contributed by atoms with van der Waals surface area (Å²) in [6.45, 7) is 3.14. The quantitative estimate of drug-likeness (QED) is 0.398. The van der Waals surface area contributed by atoms with Crippen molar-refractivity contribution in [2.75, 3.05) is 23.8 Å². The van der Waals surface area contributed by atoms with Gasteiger partial charge in [0, 0.05) is 23.0 Å². The highest BCUT2D eigenvalue weighted by Crippen LogP contribution is 2.18. The van der Waals surface area contributed by atoms with Crippen molar-refractivity contribution >= 4 is 23.2 Å². The topological polar surface area (TPSA) is 92.6 Å². The van der Waals surface area contributed by atoms with Gasteiger partial charge in [0.2, 0.25) is 5.91 Å². The normalized spacial score (nSPS) is 10.4. The van der Waals surface area contributed by atoms with Crippen LogP contribution in [0.1, 0.15) is 35.9 Å². The molecule has 0 unspecified atom stereocenters. The third-order valence-corrected chi connectivity index (χ3v) is 4.47. The van der Waals surface area contributed by atoms with E-state index in [-0.39, 0.29) is 18.4 Å². The second-order valence-corrected chi connectivity index (χ2v) is 6.97. The lowest BCUT2D eigenvalue weighted by Gasteiger charge is -2.11. The first-order valence-corrected chi connectivity index (χ1v) is 10.3. The molecule has 3 aromatic rings. The van der Waals surface area contributed by atoms with Gasteiger partial charge in [0.25, 0.3) is 5.91 Å². The minimum absolute atomic E-state index is 0.0678. The van der Waals surface area contributed by atoms with E-state index in [1.807, 2.05) is 18.2 Å². The molecule has 0 aliphatic heterocycles. The van der Waals surface area contributed by atoms with E-state index in [2.05, 4.69) is 22.9 Å². The van der Waals surface area contributed by atoms with Gasteiger partial charge in [0.15, 0.2) is 0 Å². The second-order valence-electron chi connectivity index (χ2n) is 6.97. The average molecular weight is 421 g/mol. The van der Waals surface area contributed by atoms with Gasteiger partial charge in [0.05, 0.1) is 26.0 Å². The van der Waals surface area contributed by atoms with Crippen LogP contribution in [0.3, 0.4) is 0 Å². The van der Waals surface area contributed by atoms with Crippen molar-refractivity contribution in [3.8, 4) is 5.75 Å². The summed E-state index contributed by atoms with van der Waals surface area (Å²) in [4.78, 5) is 24.6. The molecule has 0 atom stereocenters. The number of hydrogen-bond acceptors (Lipinski definition) is 5. The van der Waals surface area contributed by atoms with Gasteiger partial charge in [-0.1, -0.05) is 25.5 Å². The van der Waals surface area contributed by atoms with Crippen LogP contribution in [0.5, 0.6) is 5.75 Å². The van der Waals surface area contributed by atoms with Crippen molar-refractivity contribution in [2.24, 2.45) is 0 Å². The summed E-state index contributed by atoms with van der Waals surface area (Å²) in [5, 5.41) is 8.69. The van der Waals surface area contributed by atoms with Gasteiger partial charge in [-0.3, -0.25) is 9.59 Å². The van der Waals surface area contributed by atoms with Crippen LogP contribution >= 0.6 is 0 Å². The van der Waals surface area contributed by atoms with E-state index in [4.69, 9.17) is 9.15 Å². The van der Waals surface area contributed by atoms with Gasteiger partial charge >= 0.3 is 0 Å². The molecule has 7 nitrogen and oxygen atoms in total. The molecule has 3 N–H and O–H groups in total. The number of anilines is 2. The molecule has 31 heavy (non-hydrogen) atoms. The van der Waals surface area contributed by atoms with Crippen LogP contribution in [0.15, 0.2) is 71.3 Å². The molecule has 0 aliphatic carbocycles. The summed E-state index contributed by atoms with van der Waals surface area (Å²) in [5.74, 6) is 0.995. The van der Waals surface area contributed by atoms with E-state index in [9.17, 15) is 9.59 Å². The Morgan fingerprint density at radius 3 is 2.65 bits per heavy atom. The highest BCUT2D eigenvalue weighted by molar-refractivity contribution is 5.96. The van der Waals surface area contributed by atoms with Crippen LogP contribution in [0.2, 0.25) is 0 Å². The highest BCUT2D eigenvalue weighted by Gasteiger charge is 2.08. The van der Waals surface area contributed by atoms with Crippen molar-refractivity contribution < 1.29 is 18.7 Å². The molecule has 1 aromatic heterocycles. The van der Waals surface area contributed by atoms with E-state index < -0.39 is 0 Å². The van der Waals surface area contributed by atoms with E-state index in [0.717, 1.165) is 18.6 Å². The van der Waals surface area contributed by atoms with Crippen molar-refractivity contribution in [1.29, 1.82) is 0 Å². The van der Waals surface area contributed by atoms with Crippen LogP contribution in [-0.4, -0.2) is 25.0 Å². The van der Waals surface area contributed by atoms with Crippen molar-refractivity contribution in [1.82, 2.24) is 5.32 Å². The number of ether oxygens (including phenoxy) is 1. The fourth-order valence-corrected chi connectivity index (χ4v) is 2.84. The zero-order valence-electron chi connectivity index (χ0n) is 17.5.